The second-order valence-electron chi connectivity index (χ2n) is 7.32. The van der Waals surface area contributed by atoms with Crippen molar-refractivity contribution in [2.24, 2.45) is 32.7 Å². The molecule has 0 bridgehead atoms. The van der Waals surface area contributed by atoms with Crippen LogP contribution in [-0.4, -0.2) is 24.2 Å². The van der Waals surface area contributed by atoms with Gasteiger partial charge in [-0.3, -0.25) is 0 Å². The molecule has 4 fully saturated rings. The van der Waals surface area contributed by atoms with Gasteiger partial charge in [-0.2, -0.15) is 0 Å². The third-order valence-corrected chi connectivity index (χ3v) is 6.84. The van der Waals surface area contributed by atoms with Crippen LogP contribution in [0.2, 0.25) is 0 Å². The van der Waals surface area contributed by atoms with Gasteiger partial charge in [0.05, 0.1) is 12.1 Å². The highest BCUT2D eigenvalue weighted by Crippen LogP contribution is 2.94. The highest BCUT2D eigenvalue weighted by atomic mass is 16.1. The first-order valence-corrected chi connectivity index (χ1v) is 7.91. The summed E-state index contributed by atoms with van der Waals surface area (Å²) in [6.07, 6.45) is 12.8. The quantitative estimate of drug-likeness (QED) is 0.573. The molecule has 4 rings (SSSR count). The van der Waals surface area contributed by atoms with Gasteiger partial charge in [0.15, 0.2) is 0 Å². The zero-order chi connectivity index (χ0) is 13.8. The fourth-order valence-corrected chi connectivity index (χ4v) is 5.96. The topological polar surface area (TPSA) is 58.9 Å². The molecule has 0 aliphatic heterocycles. The van der Waals surface area contributed by atoms with Crippen LogP contribution in [0.3, 0.4) is 0 Å². The Balaban J connectivity index is 1.34. The lowest BCUT2D eigenvalue weighted by molar-refractivity contribution is 0.0919. The molecule has 0 unspecified atom stereocenters. The number of hydrogen-bond acceptors (Lipinski definition) is 4. The van der Waals surface area contributed by atoms with Crippen molar-refractivity contribution in [2.45, 2.75) is 63.5 Å². The van der Waals surface area contributed by atoms with E-state index >= 15 is 0 Å². The van der Waals surface area contributed by atoms with E-state index in [0.717, 1.165) is 37.5 Å². The van der Waals surface area contributed by atoms with Gasteiger partial charge in [0.25, 0.3) is 0 Å². The molecule has 0 aromatic carbocycles. The predicted molar refractivity (Wildman–Crippen MR) is 72.6 cm³/mol. The minimum absolute atomic E-state index is 0.242. The van der Waals surface area contributed by atoms with Crippen LogP contribution in [0.5, 0.6) is 0 Å². The second-order valence-corrected chi connectivity index (χ2v) is 7.32. The molecule has 0 aromatic heterocycles. The van der Waals surface area contributed by atoms with E-state index in [9.17, 15) is 9.59 Å². The molecule has 4 aliphatic rings. The van der Waals surface area contributed by atoms with Crippen LogP contribution in [0, 0.1) is 22.7 Å². The largest absolute Gasteiger partial charge is 0.235 e. The number of rotatable bonds is 2. The number of isocyanates is 2. The Bertz CT molecular complexity index is 455. The Morgan fingerprint density at radius 1 is 0.700 bits per heavy atom. The van der Waals surface area contributed by atoms with E-state index in [4.69, 9.17) is 0 Å². The molecule has 0 N–H and O–H groups in total. The van der Waals surface area contributed by atoms with Gasteiger partial charge in [-0.15, -0.1) is 0 Å². The van der Waals surface area contributed by atoms with Gasteiger partial charge in [0.2, 0.25) is 12.2 Å². The van der Waals surface area contributed by atoms with Crippen molar-refractivity contribution < 1.29 is 9.59 Å². The maximum atomic E-state index is 10.3. The van der Waals surface area contributed by atoms with Crippen molar-refractivity contribution >= 4 is 12.2 Å². The van der Waals surface area contributed by atoms with E-state index < -0.39 is 0 Å². The van der Waals surface area contributed by atoms with Gasteiger partial charge in [0.1, 0.15) is 0 Å². The zero-order valence-corrected chi connectivity index (χ0v) is 11.7. The Morgan fingerprint density at radius 3 is 1.35 bits per heavy atom. The molecule has 4 heteroatoms. The summed E-state index contributed by atoms with van der Waals surface area (Å²) in [6, 6.07) is 0.485. The highest BCUT2D eigenvalue weighted by molar-refractivity contribution is 5.39. The summed E-state index contributed by atoms with van der Waals surface area (Å²) in [5.41, 5.74) is 1.24. The number of carbonyl (C=O) groups excluding carboxylic acids is 2. The fourth-order valence-electron chi connectivity index (χ4n) is 5.96. The van der Waals surface area contributed by atoms with Crippen LogP contribution >= 0.6 is 0 Å². The third-order valence-electron chi connectivity index (χ3n) is 6.84. The summed E-state index contributed by atoms with van der Waals surface area (Å²) in [5, 5.41) is 0. The molecule has 0 saturated heterocycles. The molecular formula is C16H20N2O2. The first kappa shape index (κ1) is 12.5. The predicted octanol–water partition coefficient (Wildman–Crippen LogP) is 2.78. The minimum Gasteiger partial charge on any atom is -0.211 e. The van der Waals surface area contributed by atoms with E-state index in [1.54, 1.807) is 12.2 Å². The van der Waals surface area contributed by atoms with Crippen LogP contribution in [0.25, 0.3) is 0 Å². The molecule has 4 aliphatic carbocycles. The molecule has 0 amide bonds. The van der Waals surface area contributed by atoms with E-state index in [2.05, 4.69) is 9.98 Å². The van der Waals surface area contributed by atoms with E-state index in [1.807, 2.05) is 0 Å². The Hall–Kier alpha value is -1.24. The summed E-state index contributed by atoms with van der Waals surface area (Å²) >= 11 is 0. The summed E-state index contributed by atoms with van der Waals surface area (Å²) in [5.74, 6) is 1.88. The summed E-state index contributed by atoms with van der Waals surface area (Å²) < 4.78 is 0. The van der Waals surface area contributed by atoms with Gasteiger partial charge in [-0.25, -0.2) is 19.6 Å². The molecule has 106 valence electrons. The monoisotopic (exact) mass is 272 g/mol. The lowest BCUT2D eigenvalue weighted by Gasteiger charge is -2.42. The molecule has 4 saturated carbocycles. The van der Waals surface area contributed by atoms with Crippen LogP contribution in [0.15, 0.2) is 9.98 Å². The summed E-state index contributed by atoms with van der Waals surface area (Å²) in [7, 11) is 0. The Labute approximate surface area is 118 Å². The smallest absolute Gasteiger partial charge is 0.211 e. The van der Waals surface area contributed by atoms with Gasteiger partial charge < -0.3 is 0 Å². The van der Waals surface area contributed by atoms with E-state index in [1.165, 1.54) is 25.7 Å². The first-order chi connectivity index (χ1) is 9.77. The molecule has 0 aromatic rings. The number of fused-ring (bicyclic) bond motifs is 5. The maximum absolute atomic E-state index is 10.3. The minimum atomic E-state index is 0.242. The van der Waals surface area contributed by atoms with Crippen molar-refractivity contribution in [3.8, 4) is 0 Å². The molecule has 4 nitrogen and oxygen atoms in total. The SMILES string of the molecule is O=C=NC1CCC2(CC1)C1C2C12CCC(N=C=O)CC2. The fraction of sp³-hybridized carbons (Fsp3) is 0.875. The van der Waals surface area contributed by atoms with Gasteiger partial charge >= 0.3 is 0 Å². The third kappa shape index (κ3) is 1.50. The molecular weight excluding hydrogens is 252 g/mol. The van der Waals surface area contributed by atoms with Crippen molar-refractivity contribution in [3.05, 3.63) is 0 Å². The van der Waals surface area contributed by atoms with Gasteiger partial charge in [-0.1, -0.05) is 0 Å². The zero-order valence-electron chi connectivity index (χ0n) is 11.7. The average molecular weight is 272 g/mol. The maximum Gasteiger partial charge on any atom is 0.235 e. The summed E-state index contributed by atoms with van der Waals surface area (Å²) in [4.78, 5) is 28.4. The van der Waals surface area contributed by atoms with Gasteiger partial charge in [0, 0.05) is 0 Å². The van der Waals surface area contributed by atoms with Crippen LogP contribution < -0.4 is 0 Å². The number of nitrogens with zero attached hydrogens (tertiary/aromatic N) is 2. The lowest BCUT2D eigenvalue weighted by Crippen LogP contribution is -2.35. The van der Waals surface area contributed by atoms with E-state index in [-0.39, 0.29) is 12.1 Å². The van der Waals surface area contributed by atoms with Crippen LogP contribution in [0.1, 0.15) is 51.4 Å². The first-order valence-electron chi connectivity index (χ1n) is 7.91. The van der Waals surface area contributed by atoms with Crippen LogP contribution in [-0.2, 0) is 9.59 Å². The van der Waals surface area contributed by atoms with Crippen molar-refractivity contribution in [2.75, 3.05) is 0 Å². The highest BCUT2D eigenvalue weighted by Gasteiger charge is 2.89. The lowest BCUT2D eigenvalue weighted by atomic mass is 9.64. The summed E-state index contributed by atoms with van der Waals surface area (Å²) in [6.45, 7) is 0. The van der Waals surface area contributed by atoms with Crippen molar-refractivity contribution in [1.29, 1.82) is 0 Å². The van der Waals surface area contributed by atoms with Gasteiger partial charge in [-0.05, 0) is 74.0 Å². The number of hydrogen-bond donors (Lipinski definition) is 0. The molecule has 2 spiro atoms. The normalized spacial score (nSPS) is 51.8. The van der Waals surface area contributed by atoms with Crippen molar-refractivity contribution in [1.82, 2.24) is 0 Å². The second kappa shape index (κ2) is 4.13. The van der Waals surface area contributed by atoms with E-state index in [0.29, 0.717) is 10.8 Å². The molecule has 0 atom stereocenters. The number of aliphatic imine (C=N–C) groups is 2. The van der Waals surface area contributed by atoms with Crippen LogP contribution in [0.4, 0.5) is 0 Å². The Morgan fingerprint density at radius 2 is 1.05 bits per heavy atom. The standard InChI is InChI=1S/C16H20N2O2/c19-9-17-11-1-5-15(6-2-11)13-14(15)16(13)7-3-12(4-8-16)18-10-20/h11-14H,1-8H2. The Kier molecular flexibility index (Phi) is 2.58. The average Bonchev–Trinajstić information content (AvgIpc) is 3.34. The molecule has 0 heterocycles. The van der Waals surface area contributed by atoms with Crippen molar-refractivity contribution in [3.63, 3.8) is 0 Å². The molecule has 20 heavy (non-hydrogen) atoms. The molecule has 0 radical (unpaired) electrons.